The van der Waals surface area contributed by atoms with E-state index in [1.54, 1.807) is 25.1 Å². The van der Waals surface area contributed by atoms with E-state index in [2.05, 4.69) is 0 Å². The zero-order chi connectivity index (χ0) is 17.2. The highest BCUT2D eigenvalue weighted by molar-refractivity contribution is 5.89. The van der Waals surface area contributed by atoms with Gasteiger partial charge < -0.3 is 14.2 Å². The Kier molecular flexibility index (Phi) is 6.83. The average Bonchev–Trinajstić information content (AvgIpc) is 2.61. The Morgan fingerprint density at radius 3 is 2.50 bits per heavy atom. The third kappa shape index (κ3) is 5.76. The van der Waals surface area contributed by atoms with Crippen LogP contribution in [0.3, 0.4) is 0 Å². The molecule has 0 aliphatic heterocycles. The van der Waals surface area contributed by atoms with Crippen molar-refractivity contribution in [2.24, 2.45) is 0 Å². The van der Waals surface area contributed by atoms with Crippen molar-refractivity contribution >= 4 is 11.9 Å². The van der Waals surface area contributed by atoms with Gasteiger partial charge in [-0.15, -0.1) is 0 Å². The number of carbonyl (C=O) groups is 2. The van der Waals surface area contributed by atoms with Crippen LogP contribution in [0.1, 0.15) is 22.8 Å². The normalized spacial score (nSPS) is 10.0. The van der Waals surface area contributed by atoms with E-state index in [0.29, 0.717) is 30.9 Å². The first-order valence-corrected chi connectivity index (χ1v) is 7.78. The molecule has 0 fully saturated rings. The third-order valence-corrected chi connectivity index (χ3v) is 3.20. The van der Waals surface area contributed by atoms with Crippen molar-refractivity contribution in [2.45, 2.75) is 13.3 Å². The lowest BCUT2D eigenvalue weighted by Crippen LogP contribution is -2.16. The van der Waals surface area contributed by atoms with E-state index in [1.807, 2.05) is 30.3 Å². The molecule has 0 N–H and O–H groups in total. The highest BCUT2D eigenvalue weighted by atomic mass is 16.6. The first-order valence-electron chi connectivity index (χ1n) is 7.78. The average molecular weight is 328 g/mol. The first kappa shape index (κ1) is 17.5. The van der Waals surface area contributed by atoms with Gasteiger partial charge in [0.15, 0.2) is 6.61 Å². The van der Waals surface area contributed by atoms with E-state index in [0.717, 1.165) is 5.56 Å². The summed E-state index contributed by atoms with van der Waals surface area (Å²) in [5.74, 6) is -0.457. The van der Waals surface area contributed by atoms with Crippen molar-refractivity contribution in [1.29, 1.82) is 0 Å². The van der Waals surface area contributed by atoms with Gasteiger partial charge in [-0.2, -0.15) is 0 Å². The van der Waals surface area contributed by atoms with Crippen molar-refractivity contribution in [3.8, 4) is 5.75 Å². The Morgan fingerprint density at radius 2 is 1.75 bits per heavy atom. The summed E-state index contributed by atoms with van der Waals surface area (Å²) in [4.78, 5) is 23.3. The minimum Gasteiger partial charge on any atom is -0.482 e. The van der Waals surface area contributed by atoms with E-state index in [1.165, 1.54) is 6.07 Å². The highest BCUT2D eigenvalue weighted by Crippen LogP contribution is 2.14. The summed E-state index contributed by atoms with van der Waals surface area (Å²) in [6, 6.07) is 16.3. The lowest BCUT2D eigenvalue weighted by atomic mass is 10.2. The fourth-order valence-corrected chi connectivity index (χ4v) is 2.04. The van der Waals surface area contributed by atoms with Gasteiger partial charge in [0.1, 0.15) is 5.75 Å². The van der Waals surface area contributed by atoms with Crippen molar-refractivity contribution in [1.82, 2.24) is 0 Å². The molecular weight excluding hydrogens is 308 g/mol. The number of benzene rings is 2. The Bertz CT molecular complexity index is 666. The Balaban J connectivity index is 1.75. The second-order valence-corrected chi connectivity index (χ2v) is 4.99. The van der Waals surface area contributed by atoms with Crippen LogP contribution in [0.25, 0.3) is 0 Å². The molecule has 0 bridgehead atoms. The summed E-state index contributed by atoms with van der Waals surface area (Å²) in [6.07, 6.45) is 0.658. The van der Waals surface area contributed by atoms with Crippen LogP contribution in [0.5, 0.6) is 5.75 Å². The standard InChI is InChI=1S/C19H20O5/c1-2-22-19(21)16-9-6-10-17(13-16)24-14-18(20)23-12-11-15-7-4-3-5-8-15/h3-10,13H,2,11-12,14H2,1H3. The van der Waals surface area contributed by atoms with Crippen LogP contribution in [-0.2, 0) is 20.7 Å². The van der Waals surface area contributed by atoms with Crippen molar-refractivity contribution < 1.29 is 23.8 Å². The van der Waals surface area contributed by atoms with Crippen LogP contribution in [-0.4, -0.2) is 31.8 Å². The lowest BCUT2D eigenvalue weighted by Gasteiger charge is -2.08. The van der Waals surface area contributed by atoms with E-state index in [-0.39, 0.29) is 6.61 Å². The van der Waals surface area contributed by atoms with Crippen LogP contribution in [0.2, 0.25) is 0 Å². The van der Waals surface area contributed by atoms with Gasteiger partial charge in [0.2, 0.25) is 0 Å². The molecule has 5 heteroatoms. The van der Waals surface area contributed by atoms with Gasteiger partial charge in [-0.1, -0.05) is 36.4 Å². The molecule has 24 heavy (non-hydrogen) atoms. The summed E-state index contributed by atoms with van der Waals surface area (Å²) in [5.41, 5.74) is 1.49. The maximum absolute atomic E-state index is 11.7. The summed E-state index contributed by atoms with van der Waals surface area (Å²) < 4.78 is 15.4. The second-order valence-electron chi connectivity index (χ2n) is 4.99. The number of hydrogen-bond acceptors (Lipinski definition) is 5. The topological polar surface area (TPSA) is 61.8 Å². The summed E-state index contributed by atoms with van der Waals surface area (Å²) in [6.45, 7) is 2.14. The fraction of sp³-hybridized carbons (Fsp3) is 0.263. The summed E-state index contributed by atoms with van der Waals surface area (Å²) in [7, 11) is 0. The monoisotopic (exact) mass is 328 g/mol. The smallest absolute Gasteiger partial charge is 0.344 e. The molecule has 0 aromatic heterocycles. The molecule has 2 rings (SSSR count). The molecule has 0 saturated heterocycles. The number of esters is 2. The number of ether oxygens (including phenoxy) is 3. The highest BCUT2D eigenvalue weighted by Gasteiger charge is 2.09. The summed E-state index contributed by atoms with van der Waals surface area (Å²) in [5, 5.41) is 0. The molecule has 5 nitrogen and oxygen atoms in total. The molecular formula is C19H20O5. The van der Waals surface area contributed by atoms with Gasteiger partial charge in [-0.05, 0) is 30.7 Å². The van der Waals surface area contributed by atoms with E-state index in [4.69, 9.17) is 14.2 Å². The van der Waals surface area contributed by atoms with E-state index in [9.17, 15) is 9.59 Å². The van der Waals surface area contributed by atoms with Crippen LogP contribution in [0.15, 0.2) is 54.6 Å². The minimum absolute atomic E-state index is 0.207. The molecule has 0 unspecified atom stereocenters. The minimum atomic E-state index is -0.451. The SMILES string of the molecule is CCOC(=O)c1cccc(OCC(=O)OCCc2ccccc2)c1. The van der Waals surface area contributed by atoms with Crippen molar-refractivity contribution in [3.63, 3.8) is 0 Å². The van der Waals surface area contributed by atoms with Crippen LogP contribution in [0.4, 0.5) is 0 Å². The first-order chi connectivity index (χ1) is 11.7. The quantitative estimate of drug-likeness (QED) is 0.697. The van der Waals surface area contributed by atoms with E-state index < -0.39 is 11.9 Å². The Morgan fingerprint density at radius 1 is 0.958 bits per heavy atom. The van der Waals surface area contributed by atoms with Gasteiger partial charge in [0, 0.05) is 6.42 Å². The van der Waals surface area contributed by atoms with Gasteiger partial charge in [0.25, 0.3) is 0 Å². The lowest BCUT2D eigenvalue weighted by molar-refractivity contribution is -0.145. The number of carbonyl (C=O) groups excluding carboxylic acids is 2. The van der Waals surface area contributed by atoms with Crippen molar-refractivity contribution in [3.05, 3.63) is 65.7 Å². The molecule has 0 aliphatic carbocycles. The third-order valence-electron chi connectivity index (χ3n) is 3.20. The Hall–Kier alpha value is -2.82. The molecule has 0 amide bonds. The van der Waals surface area contributed by atoms with Gasteiger partial charge in [-0.3, -0.25) is 0 Å². The predicted octanol–water partition coefficient (Wildman–Crippen LogP) is 3.03. The van der Waals surface area contributed by atoms with Gasteiger partial charge in [-0.25, -0.2) is 9.59 Å². The molecule has 2 aromatic rings. The molecule has 0 heterocycles. The predicted molar refractivity (Wildman–Crippen MR) is 89.0 cm³/mol. The maximum Gasteiger partial charge on any atom is 0.344 e. The molecule has 0 spiro atoms. The molecule has 0 saturated carbocycles. The van der Waals surface area contributed by atoms with Crippen molar-refractivity contribution in [2.75, 3.05) is 19.8 Å². The second kappa shape index (κ2) is 9.35. The van der Waals surface area contributed by atoms with Crippen LogP contribution < -0.4 is 4.74 Å². The van der Waals surface area contributed by atoms with Gasteiger partial charge in [0.05, 0.1) is 18.8 Å². The van der Waals surface area contributed by atoms with Crippen LogP contribution in [0, 0.1) is 0 Å². The Labute approximate surface area is 141 Å². The van der Waals surface area contributed by atoms with E-state index >= 15 is 0 Å². The molecule has 0 atom stereocenters. The molecule has 126 valence electrons. The van der Waals surface area contributed by atoms with Crippen LogP contribution >= 0.6 is 0 Å². The zero-order valence-corrected chi connectivity index (χ0v) is 13.6. The maximum atomic E-state index is 11.7. The largest absolute Gasteiger partial charge is 0.482 e. The number of rotatable bonds is 8. The zero-order valence-electron chi connectivity index (χ0n) is 13.6. The molecule has 2 aromatic carbocycles. The molecule has 0 radical (unpaired) electrons. The van der Waals surface area contributed by atoms with Gasteiger partial charge >= 0.3 is 11.9 Å². The fourth-order valence-electron chi connectivity index (χ4n) is 2.04. The number of hydrogen-bond donors (Lipinski definition) is 0. The molecule has 0 aliphatic rings. The summed E-state index contributed by atoms with van der Waals surface area (Å²) >= 11 is 0.